The molecule has 2 atom stereocenters. The highest BCUT2D eigenvalue weighted by molar-refractivity contribution is 4.67. The summed E-state index contributed by atoms with van der Waals surface area (Å²) in [6.45, 7) is 4.48. The van der Waals surface area contributed by atoms with Crippen LogP contribution in [0.25, 0.3) is 0 Å². The van der Waals surface area contributed by atoms with Crippen LogP contribution in [0.5, 0.6) is 0 Å². The second-order valence-electron chi connectivity index (χ2n) is 3.15. The van der Waals surface area contributed by atoms with E-state index in [4.69, 9.17) is 15.2 Å². The van der Waals surface area contributed by atoms with E-state index < -0.39 is 0 Å². The van der Waals surface area contributed by atoms with E-state index in [0.29, 0.717) is 12.1 Å². The van der Waals surface area contributed by atoms with E-state index in [9.17, 15) is 0 Å². The average Bonchev–Trinajstić information content (AvgIpc) is 2.70. The maximum absolute atomic E-state index is 5.57. The Kier molecular flexibility index (Phi) is 3.83. The highest BCUT2D eigenvalue weighted by Gasteiger charge is 2.21. The molecule has 0 aromatic rings. The van der Waals surface area contributed by atoms with E-state index in [1.54, 1.807) is 0 Å². The van der Waals surface area contributed by atoms with Crippen molar-refractivity contribution in [3.8, 4) is 0 Å². The fourth-order valence-electron chi connectivity index (χ4n) is 0.886. The van der Waals surface area contributed by atoms with E-state index in [1.807, 2.05) is 6.92 Å². The Morgan fingerprint density at radius 3 is 3.00 bits per heavy atom. The summed E-state index contributed by atoms with van der Waals surface area (Å²) in [4.78, 5) is 0. The number of nitrogens with two attached hydrogens (primary N) is 1. The maximum atomic E-state index is 5.57. The van der Waals surface area contributed by atoms with Crippen molar-refractivity contribution in [1.29, 1.82) is 0 Å². The minimum Gasteiger partial charge on any atom is -0.379 e. The first-order valence-corrected chi connectivity index (χ1v) is 4.24. The molecule has 1 rings (SSSR count). The zero-order chi connectivity index (χ0) is 8.10. The molecule has 1 fully saturated rings. The first kappa shape index (κ1) is 8.97. The fourth-order valence-corrected chi connectivity index (χ4v) is 0.886. The maximum Gasteiger partial charge on any atom is 0.104 e. The number of hydrogen-bond donors (Lipinski definition) is 1. The summed E-state index contributed by atoms with van der Waals surface area (Å²) in [5.41, 5.74) is 5.57. The molecule has 1 aliphatic heterocycles. The first-order valence-electron chi connectivity index (χ1n) is 4.24. The van der Waals surface area contributed by atoms with Gasteiger partial charge in [-0.15, -0.1) is 0 Å². The quantitative estimate of drug-likeness (QED) is 0.454. The van der Waals surface area contributed by atoms with Gasteiger partial charge in [0.05, 0.1) is 13.2 Å². The van der Waals surface area contributed by atoms with Gasteiger partial charge in [-0.1, -0.05) is 0 Å². The minimum absolute atomic E-state index is 0.302. The summed E-state index contributed by atoms with van der Waals surface area (Å²) in [7, 11) is 0. The molecule has 1 heterocycles. The molecule has 0 saturated carbocycles. The Balaban J connectivity index is 1.73. The van der Waals surface area contributed by atoms with Crippen LogP contribution in [-0.4, -0.2) is 32.0 Å². The predicted molar refractivity (Wildman–Crippen MR) is 43.4 cm³/mol. The molecule has 0 spiro atoms. The second-order valence-corrected chi connectivity index (χ2v) is 3.15. The molecule has 2 N–H and O–H groups in total. The monoisotopic (exact) mass is 159 g/mol. The van der Waals surface area contributed by atoms with Gasteiger partial charge in [-0.2, -0.15) is 0 Å². The van der Waals surface area contributed by atoms with Crippen molar-refractivity contribution in [2.24, 2.45) is 5.73 Å². The lowest BCUT2D eigenvalue weighted by atomic mass is 10.2. The van der Waals surface area contributed by atoms with Crippen LogP contribution in [-0.2, 0) is 9.47 Å². The van der Waals surface area contributed by atoms with Gasteiger partial charge in [0.15, 0.2) is 0 Å². The van der Waals surface area contributed by atoms with Gasteiger partial charge in [-0.05, 0) is 19.8 Å². The molecule has 0 aromatic carbocycles. The summed E-state index contributed by atoms with van der Waals surface area (Å²) in [5.74, 6) is 0. The van der Waals surface area contributed by atoms with Crippen LogP contribution >= 0.6 is 0 Å². The van der Waals surface area contributed by atoms with E-state index in [1.165, 1.54) is 0 Å². The van der Waals surface area contributed by atoms with Gasteiger partial charge in [0.2, 0.25) is 0 Å². The zero-order valence-electron chi connectivity index (χ0n) is 7.08. The van der Waals surface area contributed by atoms with E-state index >= 15 is 0 Å². The summed E-state index contributed by atoms with van der Waals surface area (Å²) in [6.07, 6.45) is 2.50. The molecule has 3 heteroatoms. The van der Waals surface area contributed by atoms with Crippen molar-refractivity contribution in [2.75, 3.05) is 19.8 Å². The molecule has 1 saturated heterocycles. The molecular formula is C8H17NO2. The van der Waals surface area contributed by atoms with Crippen molar-refractivity contribution in [2.45, 2.75) is 31.9 Å². The average molecular weight is 159 g/mol. The van der Waals surface area contributed by atoms with Crippen molar-refractivity contribution in [1.82, 2.24) is 0 Å². The van der Waals surface area contributed by atoms with Crippen LogP contribution in [0.15, 0.2) is 0 Å². The van der Waals surface area contributed by atoms with Crippen molar-refractivity contribution >= 4 is 0 Å². The lowest BCUT2D eigenvalue weighted by Crippen LogP contribution is -2.15. The van der Waals surface area contributed by atoms with Gasteiger partial charge in [0.25, 0.3) is 0 Å². The third-order valence-electron chi connectivity index (χ3n) is 1.65. The Labute approximate surface area is 67.9 Å². The van der Waals surface area contributed by atoms with Crippen LogP contribution in [0.2, 0.25) is 0 Å². The van der Waals surface area contributed by atoms with Crippen LogP contribution in [0.1, 0.15) is 19.8 Å². The smallest absolute Gasteiger partial charge is 0.104 e. The minimum atomic E-state index is 0.302. The van der Waals surface area contributed by atoms with Gasteiger partial charge >= 0.3 is 0 Å². The first-order chi connectivity index (χ1) is 5.29. The SMILES string of the molecule is CC(N)CCCOCC1CO1. The molecule has 0 aromatic heterocycles. The van der Waals surface area contributed by atoms with Crippen LogP contribution < -0.4 is 5.73 Å². The molecule has 0 bridgehead atoms. The van der Waals surface area contributed by atoms with Gasteiger partial charge in [0.1, 0.15) is 6.10 Å². The molecule has 1 aliphatic rings. The summed E-state index contributed by atoms with van der Waals surface area (Å²) in [6, 6.07) is 0.302. The topological polar surface area (TPSA) is 47.8 Å². The predicted octanol–water partition coefficient (Wildman–Crippen LogP) is 0.529. The number of epoxide rings is 1. The van der Waals surface area contributed by atoms with Crippen molar-refractivity contribution in [3.05, 3.63) is 0 Å². The van der Waals surface area contributed by atoms with Gasteiger partial charge in [-0.3, -0.25) is 0 Å². The lowest BCUT2D eigenvalue weighted by Gasteiger charge is -2.04. The van der Waals surface area contributed by atoms with Crippen LogP contribution in [0, 0.1) is 0 Å². The van der Waals surface area contributed by atoms with E-state index in [-0.39, 0.29) is 0 Å². The third kappa shape index (κ3) is 5.18. The number of rotatable bonds is 6. The largest absolute Gasteiger partial charge is 0.379 e. The Bertz CT molecular complexity index is 98.3. The molecular weight excluding hydrogens is 142 g/mol. The molecule has 0 aliphatic carbocycles. The Morgan fingerprint density at radius 1 is 1.73 bits per heavy atom. The molecule has 2 unspecified atom stereocenters. The molecule has 66 valence electrons. The lowest BCUT2D eigenvalue weighted by molar-refractivity contribution is 0.112. The normalized spacial score (nSPS) is 25.1. The Morgan fingerprint density at radius 2 is 2.45 bits per heavy atom. The standard InChI is InChI=1S/C8H17NO2/c1-7(9)3-2-4-10-5-8-6-11-8/h7-8H,2-6,9H2,1H3. The number of ether oxygens (including phenoxy) is 2. The van der Waals surface area contributed by atoms with E-state index in [2.05, 4.69) is 0 Å². The third-order valence-corrected chi connectivity index (χ3v) is 1.65. The Hall–Kier alpha value is -0.120. The highest BCUT2D eigenvalue weighted by Crippen LogP contribution is 2.08. The summed E-state index contributed by atoms with van der Waals surface area (Å²) in [5, 5.41) is 0. The molecule has 11 heavy (non-hydrogen) atoms. The van der Waals surface area contributed by atoms with Gasteiger partial charge in [0, 0.05) is 12.6 Å². The van der Waals surface area contributed by atoms with Gasteiger partial charge in [-0.25, -0.2) is 0 Å². The highest BCUT2D eigenvalue weighted by atomic mass is 16.6. The zero-order valence-corrected chi connectivity index (χ0v) is 7.08. The van der Waals surface area contributed by atoms with Gasteiger partial charge < -0.3 is 15.2 Å². The molecule has 3 nitrogen and oxygen atoms in total. The van der Waals surface area contributed by atoms with Crippen molar-refractivity contribution < 1.29 is 9.47 Å². The van der Waals surface area contributed by atoms with Crippen LogP contribution in [0.3, 0.4) is 0 Å². The molecule has 0 radical (unpaired) electrons. The van der Waals surface area contributed by atoms with Crippen molar-refractivity contribution in [3.63, 3.8) is 0 Å². The fraction of sp³-hybridized carbons (Fsp3) is 1.00. The number of hydrogen-bond acceptors (Lipinski definition) is 3. The van der Waals surface area contributed by atoms with Crippen LogP contribution in [0.4, 0.5) is 0 Å². The summed E-state index contributed by atoms with van der Waals surface area (Å²) >= 11 is 0. The second kappa shape index (κ2) is 4.70. The van der Waals surface area contributed by atoms with E-state index in [0.717, 1.165) is 32.7 Å². The summed E-state index contributed by atoms with van der Waals surface area (Å²) < 4.78 is 10.3. The molecule has 0 amide bonds.